The molecule has 0 aliphatic carbocycles. The summed E-state index contributed by atoms with van der Waals surface area (Å²) >= 11 is 0. The SMILES string of the molecule is O=C(NO)c1ccc(OCCNC(=O)c2cnc3ccccc3c2)cc1. The van der Waals surface area contributed by atoms with Crippen LogP contribution in [-0.4, -0.2) is 35.2 Å². The molecular weight excluding hydrogens is 334 g/mol. The van der Waals surface area contributed by atoms with E-state index in [0.717, 1.165) is 10.9 Å². The van der Waals surface area contributed by atoms with Crippen LogP contribution in [0.1, 0.15) is 20.7 Å². The number of hydrogen-bond donors (Lipinski definition) is 3. The number of amides is 2. The normalized spacial score (nSPS) is 10.3. The van der Waals surface area contributed by atoms with Crippen molar-refractivity contribution in [1.29, 1.82) is 0 Å². The Morgan fingerprint density at radius 3 is 2.54 bits per heavy atom. The van der Waals surface area contributed by atoms with E-state index < -0.39 is 5.91 Å². The molecule has 7 nitrogen and oxygen atoms in total. The van der Waals surface area contributed by atoms with Gasteiger partial charge in [0.25, 0.3) is 11.8 Å². The number of benzene rings is 2. The molecule has 1 heterocycles. The van der Waals surface area contributed by atoms with Crippen LogP contribution >= 0.6 is 0 Å². The number of ether oxygens (including phenoxy) is 1. The van der Waals surface area contributed by atoms with Gasteiger partial charge in [-0.3, -0.25) is 19.8 Å². The van der Waals surface area contributed by atoms with Gasteiger partial charge in [-0.2, -0.15) is 0 Å². The molecule has 0 bridgehead atoms. The van der Waals surface area contributed by atoms with Gasteiger partial charge in [0.15, 0.2) is 0 Å². The molecule has 7 heteroatoms. The van der Waals surface area contributed by atoms with Gasteiger partial charge in [0.2, 0.25) is 0 Å². The maximum Gasteiger partial charge on any atom is 0.274 e. The van der Waals surface area contributed by atoms with Crippen molar-refractivity contribution in [2.24, 2.45) is 0 Å². The number of aromatic nitrogens is 1. The fraction of sp³-hybridized carbons (Fsp3) is 0.105. The van der Waals surface area contributed by atoms with E-state index in [4.69, 9.17) is 9.94 Å². The molecule has 26 heavy (non-hydrogen) atoms. The monoisotopic (exact) mass is 351 g/mol. The van der Waals surface area contributed by atoms with E-state index in [1.807, 2.05) is 24.3 Å². The second-order valence-electron chi connectivity index (χ2n) is 5.49. The van der Waals surface area contributed by atoms with E-state index in [2.05, 4.69) is 10.3 Å². The maximum atomic E-state index is 12.2. The predicted octanol–water partition coefficient (Wildman–Crippen LogP) is 2.16. The number of nitrogens with one attached hydrogen (secondary N) is 2. The van der Waals surface area contributed by atoms with Crippen molar-refractivity contribution in [3.63, 3.8) is 0 Å². The average Bonchev–Trinajstić information content (AvgIpc) is 2.70. The summed E-state index contributed by atoms with van der Waals surface area (Å²) in [7, 11) is 0. The van der Waals surface area contributed by atoms with Gasteiger partial charge in [0.1, 0.15) is 12.4 Å². The lowest BCUT2D eigenvalue weighted by atomic mass is 10.1. The zero-order valence-electron chi connectivity index (χ0n) is 13.8. The summed E-state index contributed by atoms with van der Waals surface area (Å²) in [5.74, 6) is -0.254. The third-order valence-electron chi connectivity index (χ3n) is 3.73. The predicted molar refractivity (Wildman–Crippen MR) is 95.3 cm³/mol. The second kappa shape index (κ2) is 8.09. The minimum Gasteiger partial charge on any atom is -0.492 e. The zero-order valence-corrected chi connectivity index (χ0v) is 13.8. The van der Waals surface area contributed by atoms with Crippen LogP contribution < -0.4 is 15.5 Å². The van der Waals surface area contributed by atoms with Crippen molar-refractivity contribution in [2.75, 3.05) is 13.2 Å². The Kier molecular flexibility index (Phi) is 5.40. The summed E-state index contributed by atoms with van der Waals surface area (Å²) in [5.41, 5.74) is 3.20. The van der Waals surface area contributed by atoms with Crippen LogP contribution in [-0.2, 0) is 0 Å². The maximum absolute atomic E-state index is 12.2. The number of pyridine rings is 1. The van der Waals surface area contributed by atoms with Crippen molar-refractivity contribution in [3.8, 4) is 5.75 Å². The first kappa shape index (κ1) is 17.4. The highest BCUT2D eigenvalue weighted by Gasteiger charge is 2.07. The molecule has 0 aliphatic heterocycles. The highest BCUT2D eigenvalue weighted by Crippen LogP contribution is 2.13. The van der Waals surface area contributed by atoms with Gasteiger partial charge in [0.05, 0.1) is 17.6 Å². The van der Waals surface area contributed by atoms with Gasteiger partial charge in [-0.25, -0.2) is 5.48 Å². The summed E-state index contributed by atoms with van der Waals surface area (Å²) < 4.78 is 5.51. The van der Waals surface area contributed by atoms with Gasteiger partial charge in [-0.05, 0) is 36.4 Å². The summed E-state index contributed by atoms with van der Waals surface area (Å²) in [4.78, 5) is 27.7. The average molecular weight is 351 g/mol. The molecule has 3 N–H and O–H groups in total. The molecule has 0 saturated carbocycles. The lowest BCUT2D eigenvalue weighted by Gasteiger charge is -2.08. The Morgan fingerprint density at radius 2 is 1.77 bits per heavy atom. The summed E-state index contributed by atoms with van der Waals surface area (Å²) in [5, 5.41) is 12.2. The molecule has 1 aromatic heterocycles. The number of rotatable bonds is 6. The third kappa shape index (κ3) is 4.14. The summed E-state index contributed by atoms with van der Waals surface area (Å²) in [6.45, 7) is 0.600. The molecule has 0 atom stereocenters. The Morgan fingerprint density at radius 1 is 1.00 bits per heavy atom. The second-order valence-corrected chi connectivity index (χ2v) is 5.49. The number of hydrogen-bond acceptors (Lipinski definition) is 5. The molecule has 0 unspecified atom stereocenters. The van der Waals surface area contributed by atoms with Crippen LogP contribution in [0.25, 0.3) is 10.9 Å². The molecule has 0 spiro atoms. The van der Waals surface area contributed by atoms with Crippen LogP contribution in [0.5, 0.6) is 5.75 Å². The Balaban J connectivity index is 1.49. The van der Waals surface area contributed by atoms with Gasteiger partial charge >= 0.3 is 0 Å². The highest BCUT2D eigenvalue weighted by atomic mass is 16.5. The van der Waals surface area contributed by atoms with E-state index >= 15 is 0 Å². The van der Waals surface area contributed by atoms with Crippen LogP contribution in [0.2, 0.25) is 0 Å². The Bertz CT molecular complexity index is 925. The van der Waals surface area contributed by atoms with Crippen molar-refractivity contribution in [1.82, 2.24) is 15.8 Å². The smallest absolute Gasteiger partial charge is 0.274 e. The molecule has 3 rings (SSSR count). The van der Waals surface area contributed by atoms with E-state index in [9.17, 15) is 9.59 Å². The van der Waals surface area contributed by atoms with Crippen molar-refractivity contribution < 1.29 is 19.5 Å². The first-order valence-electron chi connectivity index (χ1n) is 7.97. The zero-order chi connectivity index (χ0) is 18.4. The molecule has 0 aliphatic rings. The summed E-state index contributed by atoms with van der Waals surface area (Å²) in [6.07, 6.45) is 1.55. The molecule has 0 radical (unpaired) electrons. The Hall–Kier alpha value is -3.45. The van der Waals surface area contributed by atoms with E-state index in [1.54, 1.807) is 29.9 Å². The first-order chi connectivity index (χ1) is 12.7. The van der Waals surface area contributed by atoms with E-state index in [-0.39, 0.29) is 12.5 Å². The number of nitrogens with zero attached hydrogens (tertiary/aromatic N) is 1. The van der Waals surface area contributed by atoms with Gasteiger partial charge in [-0.1, -0.05) is 18.2 Å². The number of carbonyl (C=O) groups is 2. The number of hydroxylamine groups is 1. The van der Waals surface area contributed by atoms with Crippen molar-refractivity contribution in [3.05, 3.63) is 71.9 Å². The lowest BCUT2D eigenvalue weighted by Crippen LogP contribution is -2.28. The molecule has 0 saturated heterocycles. The van der Waals surface area contributed by atoms with Gasteiger partial charge < -0.3 is 10.1 Å². The molecule has 132 valence electrons. The van der Waals surface area contributed by atoms with Crippen LogP contribution in [0.15, 0.2) is 60.8 Å². The molecule has 3 aromatic rings. The number of para-hydroxylation sites is 1. The highest BCUT2D eigenvalue weighted by molar-refractivity contribution is 5.97. The minimum atomic E-state index is -0.590. The van der Waals surface area contributed by atoms with Crippen LogP contribution in [0, 0.1) is 0 Å². The molecule has 2 amide bonds. The summed E-state index contributed by atoms with van der Waals surface area (Å²) in [6, 6.07) is 15.7. The van der Waals surface area contributed by atoms with Crippen molar-refractivity contribution in [2.45, 2.75) is 0 Å². The van der Waals surface area contributed by atoms with Gasteiger partial charge in [0, 0.05) is 17.1 Å². The van der Waals surface area contributed by atoms with Gasteiger partial charge in [-0.15, -0.1) is 0 Å². The fourth-order valence-corrected chi connectivity index (χ4v) is 2.40. The van der Waals surface area contributed by atoms with Crippen LogP contribution in [0.3, 0.4) is 0 Å². The molecule has 0 fully saturated rings. The molecular formula is C19H17N3O4. The quantitative estimate of drug-likeness (QED) is 0.359. The standard InChI is InChI=1S/C19H17N3O4/c23-18(15-11-14-3-1-2-4-17(14)21-12-15)20-9-10-26-16-7-5-13(6-8-16)19(24)22-25/h1-8,11-12,25H,9-10H2,(H,20,23)(H,22,24). The van der Waals surface area contributed by atoms with Crippen molar-refractivity contribution >= 4 is 22.7 Å². The lowest BCUT2D eigenvalue weighted by molar-refractivity contribution is 0.0706. The topological polar surface area (TPSA) is 101 Å². The van der Waals surface area contributed by atoms with Crippen LogP contribution in [0.4, 0.5) is 0 Å². The first-order valence-corrected chi connectivity index (χ1v) is 7.97. The largest absolute Gasteiger partial charge is 0.492 e. The third-order valence-corrected chi connectivity index (χ3v) is 3.73. The van der Waals surface area contributed by atoms with E-state index in [1.165, 1.54) is 12.1 Å². The fourth-order valence-electron chi connectivity index (χ4n) is 2.40. The number of carbonyl (C=O) groups excluding carboxylic acids is 2. The Labute approximate surface area is 149 Å². The molecule has 2 aromatic carbocycles. The van der Waals surface area contributed by atoms with E-state index in [0.29, 0.717) is 23.4 Å². The number of fused-ring (bicyclic) bond motifs is 1. The minimum absolute atomic E-state index is 0.221.